The molecule has 0 atom stereocenters. The average molecular weight is 357 g/mol. The van der Waals surface area contributed by atoms with Gasteiger partial charge in [0.05, 0.1) is 41.1 Å². The molecular weight excluding hydrogens is 345 g/mol. The third-order valence-electron chi connectivity index (χ3n) is 3.67. The molecule has 0 aliphatic carbocycles. The zero-order chi connectivity index (χ0) is 17.4. The van der Waals surface area contributed by atoms with Crippen molar-refractivity contribution in [1.82, 2.24) is 20.0 Å². The van der Waals surface area contributed by atoms with E-state index < -0.39 is 5.97 Å². The van der Waals surface area contributed by atoms with Crippen LogP contribution in [0.1, 0.15) is 22.8 Å². The van der Waals surface area contributed by atoms with Crippen LogP contribution in [0.5, 0.6) is 0 Å². The molecule has 7 nitrogen and oxygen atoms in total. The van der Waals surface area contributed by atoms with Gasteiger partial charge in [-0.25, -0.2) is 9.37 Å². The number of benzene rings is 1. The lowest BCUT2D eigenvalue weighted by atomic mass is 10.1. The van der Waals surface area contributed by atoms with Crippen LogP contribution in [0.25, 0.3) is 10.2 Å². The van der Waals surface area contributed by atoms with Gasteiger partial charge >= 0.3 is 5.97 Å². The lowest BCUT2D eigenvalue weighted by Gasteiger charge is -2.24. The number of fused-ring (bicyclic) bond motifs is 2. The Hall–Kier alpha value is -2.94. The molecule has 2 aromatic heterocycles. The van der Waals surface area contributed by atoms with Crippen molar-refractivity contribution in [2.24, 2.45) is 5.10 Å². The highest BCUT2D eigenvalue weighted by atomic mass is 32.1. The fraction of sp³-hybridized carbons (Fsp3) is 0.188. The summed E-state index contributed by atoms with van der Waals surface area (Å²) in [6, 6.07) is 4.49. The number of carboxylic acid groups (broad SMARTS) is 1. The summed E-state index contributed by atoms with van der Waals surface area (Å²) < 4.78 is 14.2. The van der Waals surface area contributed by atoms with Gasteiger partial charge in [-0.1, -0.05) is 0 Å². The summed E-state index contributed by atoms with van der Waals surface area (Å²) in [5.41, 5.74) is 2.18. The zero-order valence-corrected chi connectivity index (χ0v) is 13.7. The highest BCUT2D eigenvalue weighted by molar-refractivity contribution is 7.18. The predicted molar refractivity (Wildman–Crippen MR) is 89.6 cm³/mol. The number of rotatable bonds is 4. The lowest BCUT2D eigenvalue weighted by molar-refractivity contribution is -0.135. The van der Waals surface area contributed by atoms with Crippen molar-refractivity contribution in [3.8, 4) is 0 Å². The molecule has 0 fully saturated rings. The predicted octanol–water partition coefficient (Wildman–Crippen LogP) is 2.42. The van der Waals surface area contributed by atoms with Crippen LogP contribution in [0.15, 0.2) is 35.7 Å². The number of hydrogen-bond donors (Lipinski definition) is 1. The first-order valence-electron chi connectivity index (χ1n) is 7.48. The summed E-state index contributed by atoms with van der Waals surface area (Å²) >= 11 is 1.46. The fourth-order valence-corrected chi connectivity index (χ4v) is 3.63. The Kier molecular flexibility index (Phi) is 3.85. The Bertz CT molecular complexity index is 1000. The van der Waals surface area contributed by atoms with Crippen LogP contribution in [0.3, 0.4) is 0 Å². The summed E-state index contributed by atoms with van der Waals surface area (Å²) in [5.74, 6) is -1.30. The number of hydrazone groups is 1. The Balaban J connectivity index is 1.64. The van der Waals surface area contributed by atoms with Gasteiger partial charge in [-0.05, 0) is 12.1 Å². The third-order valence-corrected chi connectivity index (χ3v) is 4.69. The first kappa shape index (κ1) is 15.6. The van der Waals surface area contributed by atoms with Gasteiger partial charge in [-0.2, -0.15) is 5.10 Å². The molecule has 0 bridgehead atoms. The number of carbonyl (C=O) groups is 1. The number of hydrogen-bond acceptors (Lipinski definition) is 7. The normalized spacial score (nSPS) is 13.6. The highest BCUT2D eigenvalue weighted by Crippen LogP contribution is 2.25. The highest BCUT2D eigenvalue weighted by Gasteiger charge is 2.23. The van der Waals surface area contributed by atoms with E-state index in [1.807, 2.05) is 0 Å². The first-order valence-corrected chi connectivity index (χ1v) is 8.29. The van der Waals surface area contributed by atoms with E-state index in [0.717, 1.165) is 9.71 Å². The Labute approximate surface area is 145 Å². The van der Waals surface area contributed by atoms with E-state index in [-0.39, 0.29) is 12.2 Å². The minimum Gasteiger partial charge on any atom is -0.481 e. The van der Waals surface area contributed by atoms with Crippen LogP contribution < -0.4 is 0 Å². The second kappa shape index (κ2) is 6.17. The van der Waals surface area contributed by atoms with Gasteiger partial charge in [0.15, 0.2) is 0 Å². The van der Waals surface area contributed by atoms with Crippen LogP contribution in [-0.2, 0) is 17.9 Å². The molecule has 1 aliphatic rings. The van der Waals surface area contributed by atoms with E-state index in [9.17, 15) is 9.18 Å². The van der Waals surface area contributed by atoms with Gasteiger partial charge in [0.2, 0.25) is 0 Å². The van der Waals surface area contributed by atoms with E-state index in [1.165, 1.54) is 29.7 Å². The van der Waals surface area contributed by atoms with E-state index >= 15 is 0 Å². The molecule has 3 aromatic rings. The number of halogens is 1. The maximum absolute atomic E-state index is 13.3. The van der Waals surface area contributed by atoms with E-state index in [1.54, 1.807) is 17.3 Å². The maximum atomic E-state index is 13.3. The largest absolute Gasteiger partial charge is 0.481 e. The van der Waals surface area contributed by atoms with Crippen LogP contribution >= 0.6 is 11.3 Å². The molecule has 0 radical (unpaired) electrons. The van der Waals surface area contributed by atoms with E-state index in [4.69, 9.17) is 5.11 Å². The molecule has 9 heteroatoms. The van der Waals surface area contributed by atoms with Gasteiger partial charge in [0.25, 0.3) is 0 Å². The van der Waals surface area contributed by atoms with Crippen LogP contribution in [0.4, 0.5) is 4.39 Å². The summed E-state index contributed by atoms with van der Waals surface area (Å²) in [5, 5.41) is 16.0. The third kappa shape index (κ3) is 3.18. The van der Waals surface area contributed by atoms with Crippen molar-refractivity contribution in [2.75, 3.05) is 0 Å². The number of nitrogens with zero attached hydrogens (tertiary/aromatic N) is 5. The molecule has 1 aromatic carbocycles. The molecule has 0 spiro atoms. The van der Waals surface area contributed by atoms with Crippen molar-refractivity contribution in [1.29, 1.82) is 0 Å². The van der Waals surface area contributed by atoms with E-state index in [2.05, 4.69) is 20.1 Å². The van der Waals surface area contributed by atoms with E-state index in [0.29, 0.717) is 35.7 Å². The molecule has 4 rings (SSSR count). The molecule has 1 N–H and O–H groups in total. The summed E-state index contributed by atoms with van der Waals surface area (Å²) in [6.45, 7) is 0.802. The Morgan fingerprint density at radius 2 is 2.16 bits per heavy atom. The van der Waals surface area contributed by atoms with Crippen molar-refractivity contribution in [2.45, 2.75) is 19.5 Å². The molecule has 0 amide bonds. The minimum absolute atomic E-state index is 0.229. The quantitative estimate of drug-likeness (QED) is 0.771. The standard InChI is InChI=1S/C16H12FN5O2S/c17-9-1-2-13-10(5-9)20-14(25-13)8-22-7-12-16(19-4-3-18-12)11(21-22)6-15(23)24/h1-5H,6-8H2,(H,23,24). The lowest BCUT2D eigenvalue weighted by Crippen LogP contribution is -2.28. The molecule has 126 valence electrons. The smallest absolute Gasteiger partial charge is 0.309 e. The van der Waals surface area contributed by atoms with Crippen molar-refractivity contribution in [3.05, 3.63) is 52.8 Å². The van der Waals surface area contributed by atoms with Crippen LogP contribution in [0.2, 0.25) is 0 Å². The molecule has 1 aliphatic heterocycles. The monoisotopic (exact) mass is 357 g/mol. The van der Waals surface area contributed by atoms with Gasteiger partial charge < -0.3 is 5.11 Å². The summed E-state index contributed by atoms with van der Waals surface area (Å²) in [7, 11) is 0. The molecule has 0 saturated heterocycles. The number of carboxylic acids is 1. The molecule has 0 saturated carbocycles. The SMILES string of the molecule is O=C(O)CC1=NN(Cc2nc3cc(F)ccc3s2)Cc2nccnc21. The maximum Gasteiger partial charge on any atom is 0.309 e. The summed E-state index contributed by atoms with van der Waals surface area (Å²) in [4.78, 5) is 24.0. The second-order valence-corrected chi connectivity index (χ2v) is 6.63. The number of aromatic nitrogens is 3. The topological polar surface area (TPSA) is 91.6 Å². The number of thiazole rings is 1. The van der Waals surface area contributed by atoms with Gasteiger partial charge in [0.1, 0.15) is 16.5 Å². The fourth-order valence-electron chi connectivity index (χ4n) is 2.68. The second-order valence-electron chi connectivity index (χ2n) is 5.51. The molecular formula is C16H12FN5O2S. The molecule has 25 heavy (non-hydrogen) atoms. The van der Waals surface area contributed by atoms with Gasteiger partial charge in [0, 0.05) is 18.5 Å². The van der Waals surface area contributed by atoms with Crippen molar-refractivity contribution >= 4 is 33.2 Å². The van der Waals surface area contributed by atoms with Crippen molar-refractivity contribution in [3.63, 3.8) is 0 Å². The first-order chi connectivity index (χ1) is 12.1. The zero-order valence-electron chi connectivity index (χ0n) is 12.9. The van der Waals surface area contributed by atoms with Crippen LogP contribution in [0, 0.1) is 5.82 Å². The van der Waals surface area contributed by atoms with Crippen molar-refractivity contribution < 1.29 is 14.3 Å². The summed E-state index contributed by atoms with van der Waals surface area (Å²) in [6.07, 6.45) is 2.86. The van der Waals surface area contributed by atoms with Gasteiger partial charge in [-0.15, -0.1) is 11.3 Å². The Morgan fingerprint density at radius 3 is 3.00 bits per heavy atom. The number of aliphatic carboxylic acids is 1. The molecule has 3 heterocycles. The Morgan fingerprint density at radius 1 is 1.32 bits per heavy atom. The average Bonchev–Trinajstić information content (AvgIpc) is 2.95. The molecule has 0 unspecified atom stereocenters. The van der Waals surface area contributed by atoms with Crippen LogP contribution in [-0.4, -0.2) is 36.7 Å². The minimum atomic E-state index is -0.979. The van der Waals surface area contributed by atoms with Gasteiger partial charge in [-0.3, -0.25) is 19.8 Å².